The van der Waals surface area contributed by atoms with Gasteiger partial charge in [-0.2, -0.15) is 0 Å². The number of anilines is 1. The van der Waals surface area contributed by atoms with Crippen molar-refractivity contribution in [3.63, 3.8) is 0 Å². The van der Waals surface area contributed by atoms with Crippen LogP contribution in [0.15, 0.2) is 53.0 Å². The summed E-state index contributed by atoms with van der Waals surface area (Å²) in [4.78, 5) is 29.8. The molecular weight excluding hydrogens is 424 g/mol. The summed E-state index contributed by atoms with van der Waals surface area (Å²) in [6, 6.07) is 11.4. The number of aromatic nitrogens is 3. The Kier molecular flexibility index (Phi) is 6.46. The summed E-state index contributed by atoms with van der Waals surface area (Å²) in [6.45, 7) is 4.26. The van der Waals surface area contributed by atoms with Crippen molar-refractivity contribution in [2.24, 2.45) is 4.99 Å². The molecule has 0 fully saturated rings. The van der Waals surface area contributed by atoms with Crippen molar-refractivity contribution in [3.05, 3.63) is 69.8 Å². The first-order valence-corrected chi connectivity index (χ1v) is 11.0. The molecule has 0 bridgehead atoms. The number of aromatic amines is 1. The first kappa shape index (κ1) is 21.5. The number of nitrogens with one attached hydrogen (secondary N) is 3. The van der Waals surface area contributed by atoms with Gasteiger partial charge in [-0.15, -0.1) is 11.3 Å². The highest BCUT2D eigenvalue weighted by atomic mass is 32.1. The highest BCUT2D eigenvalue weighted by Gasteiger charge is 2.12. The summed E-state index contributed by atoms with van der Waals surface area (Å²) in [5, 5.41) is 8.89. The number of rotatable bonds is 6. The van der Waals surface area contributed by atoms with Gasteiger partial charge in [0.25, 0.3) is 5.91 Å². The number of aliphatic imine (C=N–C) groups is 1. The minimum absolute atomic E-state index is 0.227. The van der Waals surface area contributed by atoms with Crippen LogP contribution in [0.25, 0.3) is 10.9 Å². The summed E-state index contributed by atoms with van der Waals surface area (Å²) in [6.07, 6.45) is 2.67. The van der Waals surface area contributed by atoms with Crippen molar-refractivity contribution in [1.82, 2.24) is 20.3 Å². The lowest BCUT2D eigenvalue weighted by molar-refractivity contribution is 0.0981. The number of aryl methyl sites for hydroxylation is 2. The number of guanidine groups is 1. The molecule has 0 spiro atoms. The van der Waals surface area contributed by atoms with Gasteiger partial charge in [-0.3, -0.25) is 20.4 Å². The van der Waals surface area contributed by atoms with Crippen LogP contribution in [-0.2, 0) is 6.42 Å². The van der Waals surface area contributed by atoms with Crippen LogP contribution >= 0.6 is 11.3 Å². The van der Waals surface area contributed by atoms with E-state index in [-0.39, 0.29) is 5.91 Å². The van der Waals surface area contributed by atoms with Gasteiger partial charge in [-0.1, -0.05) is 6.07 Å². The van der Waals surface area contributed by atoms with Gasteiger partial charge in [0.15, 0.2) is 0 Å². The summed E-state index contributed by atoms with van der Waals surface area (Å²) in [5.74, 6) is 1.29. The molecule has 0 atom stereocenters. The molecule has 3 heterocycles. The molecule has 0 saturated carbocycles. The second kappa shape index (κ2) is 9.61. The van der Waals surface area contributed by atoms with Crippen molar-refractivity contribution >= 4 is 40.1 Å². The third-order valence-electron chi connectivity index (χ3n) is 4.82. The Morgan fingerprint density at radius 3 is 2.72 bits per heavy atom. The maximum atomic E-state index is 12.6. The number of carbonyl (C=O) groups is 1. The molecule has 0 radical (unpaired) electrons. The topological polar surface area (TPSA) is 104 Å². The molecule has 3 aromatic heterocycles. The number of H-pyrrole nitrogens is 1. The zero-order valence-corrected chi connectivity index (χ0v) is 18.9. The van der Waals surface area contributed by atoms with Crippen LogP contribution in [0.4, 0.5) is 5.95 Å². The maximum Gasteiger partial charge on any atom is 0.268 e. The highest BCUT2D eigenvalue weighted by molar-refractivity contribution is 7.12. The highest BCUT2D eigenvalue weighted by Crippen LogP contribution is 2.23. The molecule has 1 amide bonds. The number of fused-ring (bicyclic) bond motifs is 1. The van der Waals surface area contributed by atoms with E-state index in [0.717, 1.165) is 33.6 Å². The van der Waals surface area contributed by atoms with E-state index >= 15 is 0 Å². The number of nitrogens with zero attached hydrogens (tertiary/aromatic N) is 3. The van der Waals surface area contributed by atoms with Gasteiger partial charge in [-0.25, -0.2) is 9.97 Å². The molecule has 0 aliphatic carbocycles. The van der Waals surface area contributed by atoms with Crippen molar-refractivity contribution in [2.45, 2.75) is 20.3 Å². The Bertz CT molecular complexity index is 1240. The minimum Gasteiger partial charge on any atom is -0.497 e. The minimum atomic E-state index is -0.227. The molecular formula is C23H24N6O2S. The molecule has 9 heteroatoms. The van der Waals surface area contributed by atoms with Crippen LogP contribution in [0.3, 0.4) is 0 Å². The van der Waals surface area contributed by atoms with Crippen LogP contribution in [0.2, 0.25) is 0 Å². The van der Waals surface area contributed by atoms with E-state index < -0.39 is 0 Å². The first-order chi connectivity index (χ1) is 15.5. The van der Waals surface area contributed by atoms with Gasteiger partial charge in [-0.05, 0) is 55.5 Å². The molecule has 3 N–H and O–H groups in total. The molecule has 4 rings (SSSR count). The fourth-order valence-electron chi connectivity index (χ4n) is 3.36. The number of carbonyl (C=O) groups excluding carboxylic acids is 1. The Hall–Kier alpha value is -3.72. The lowest BCUT2D eigenvalue weighted by Gasteiger charge is -2.11. The van der Waals surface area contributed by atoms with Gasteiger partial charge in [0.05, 0.1) is 12.0 Å². The van der Waals surface area contributed by atoms with E-state index in [2.05, 4.69) is 30.6 Å². The average Bonchev–Trinajstić information content (AvgIpc) is 3.43. The Morgan fingerprint density at radius 1 is 1.19 bits per heavy atom. The quantitative estimate of drug-likeness (QED) is 0.304. The summed E-state index contributed by atoms with van der Waals surface area (Å²) in [7, 11) is 1.65. The number of amides is 1. The molecule has 0 unspecified atom stereocenters. The SMILES string of the molecule is COc1ccc2c(CCN=C(NC(=O)c3cccs3)Nc3nc(C)cc(C)n3)c[nH]c2c1. The average molecular weight is 449 g/mol. The largest absolute Gasteiger partial charge is 0.497 e. The third-order valence-corrected chi connectivity index (χ3v) is 5.68. The maximum absolute atomic E-state index is 12.6. The lowest BCUT2D eigenvalue weighted by Crippen LogP contribution is -2.36. The predicted octanol–water partition coefficient (Wildman–Crippen LogP) is 4.09. The van der Waals surface area contributed by atoms with Crippen LogP contribution in [0.1, 0.15) is 26.6 Å². The van der Waals surface area contributed by atoms with E-state index in [1.807, 2.05) is 55.8 Å². The van der Waals surface area contributed by atoms with Crippen molar-refractivity contribution in [1.29, 1.82) is 0 Å². The van der Waals surface area contributed by atoms with Crippen LogP contribution in [0, 0.1) is 13.8 Å². The Morgan fingerprint density at radius 2 is 2.00 bits per heavy atom. The summed E-state index contributed by atoms with van der Waals surface area (Å²) in [5.41, 5.74) is 3.81. The van der Waals surface area contributed by atoms with Crippen molar-refractivity contribution < 1.29 is 9.53 Å². The Balaban J connectivity index is 1.52. The van der Waals surface area contributed by atoms with Crippen LogP contribution < -0.4 is 15.4 Å². The molecule has 0 aliphatic rings. The van der Waals surface area contributed by atoms with Gasteiger partial charge in [0, 0.05) is 41.1 Å². The lowest BCUT2D eigenvalue weighted by atomic mass is 10.1. The standard InChI is InChI=1S/C23H24N6O2S/c1-14-11-15(2)27-23(26-14)29-22(28-21(30)20-5-4-10-32-20)24-9-8-16-13-25-19-12-17(31-3)6-7-18(16)19/h4-7,10-13,25H,8-9H2,1-3H3,(H2,24,26,27,28,29,30). The molecule has 164 valence electrons. The van der Waals surface area contributed by atoms with E-state index in [0.29, 0.717) is 29.8 Å². The third kappa shape index (κ3) is 5.12. The Labute approximate surface area is 189 Å². The number of hydrogen-bond acceptors (Lipinski definition) is 6. The van der Waals surface area contributed by atoms with Crippen LogP contribution in [0.5, 0.6) is 5.75 Å². The van der Waals surface area contributed by atoms with E-state index in [1.165, 1.54) is 11.3 Å². The molecule has 0 saturated heterocycles. The second-order valence-corrected chi connectivity index (χ2v) is 8.18. The van der Waals surface area contributed by atoms with E-state index in [1.54, 1.807) is 13.2 Å². The zero-order valence-electron chi connectivity index (χ0n) is 18.1. The van der Waals surface area contributed by atoms with E-state index in [9.17, 15) is 4.79 Å². The van der Waals surface area contributed by atoms with E-state index in [4.69, 9.17) is 4.74 Å². The number of ether oxygens (including phenoxy) is 1. The molecule has 8 nitrogen and oxygen atoms in total. The normalized spacial score (nSPS) is 11.5. The smallest absolute Gasteiger partial charge is 0.268 e. The number of benzene rings is 1. The molecule has 0 aliphatic heterocycles. The number of methoxy groups -OCH3 is 1. The van der Waals surface area contributed by atoms with Crippen molar-refractivity contribution in [3.8, 4) is 5.75 Å². The number of hydrogen-bond donors (Lipinski definition) is 3. The second-order valence-electron chi connectivity index (χ2n) is 7.24. The van der Waals surface area contributed by atoms with Gasteiger partial charge in [0.1, 0.15) is 5.75 Å². The van der Waals surface area contributed by atoms with Gasteiger partial charge >= 0.3 is 0 Å². The summed E-state index contributed by atoms with van der Waals surface area (Å²) >= 11 is 1.37. The fraction of sp³-hybridized carbons (Fsp3) is 0.217. The summed E-state index contributed by atoms with van der Waals surface area (Å²) < 4.78 is 5.28. The van der Waals surface area contributed by atoms with Gasteiger partial charge < -0.3 is 9.72 Å². The van der Waals surface area contributed by atoms with Crippen LogP contribution in [-0.4, -0.2) is 40.5 Å². The molecule has 1 aromatic carbocycles. The fourth-order valence-corrected chi connectivity index (χ4v) is 3.98. The van der Waals surface area contributed by atoms with Crippen molar-refractivity contribution in [2.75, 3.05) is 19.0 Å². The zero-order chi connectivity index (χ0) is 22.5. The monoisotopic (exact) mass is 448 g/mol. The first-order valence-electron chi connectivity index (χ1n) is 10.1. The van der Waals surface area contributed by atoms with Gasteiger partial charge in [0.2, 0.25) is 11.9 Å². The molecule has 4 aromatic rings. The number of thiophene rings is 1. The predicted molar refractivity (Wildman–Crippen MR) is 128 cm³/mol. The molecule has 32 heavy (non-hydrogen) atoms.